The zero-order chi connectivity index (χ0) is 8.81. The van der Waals surface area contributed by atoms with E-state index in [-0.39, 0.29) is 0 Å². The lowest BCUT2D eigenvalue weighted by Gasteiger charge is -2.27. The molecule has 3 heteroatoms. The van der Waals surface area contributed by atoms with E-state index in [1.807, 2.05) is 0 Å². The molecule has 0 aromatic heterocycles. The van der Waals surface area contributed by atoms with Gasteiger partial charge in [0.2, 0.25) is 0 Å². The molecule has 2 nitrogen and oxygen atoms in total. The Morgan fingerprint density at radius 2 is 2.42 bits per heavy atom. The molecule has 0 amide bonds. The molecule has 1 heterocycles. The number of rotatable bonds is 4. The SMILES string of the molecule is COCCCC1COCCC1Br. The van der Waals surface area contributed by atoms with E-state index in [0.717, 1.165) is 32.7 Å². The number of methoxy groups -OCH3 is 1. The number of halogens is 1. The summed E-state index contributed by atoms with van der Waals surface area (Å²) in [6.07, 6.45) is 3.51. The molecule has 12 heavy (non-hydrogen) atoms. The first-order valence-electron chi connectivity index (χ1n) is 4.55. The third-order valence-corrected chi connectivity index (χ3v) is 3.51. The van der Waals surface area contributed by atoms with Crippen LogP contribution < -0.4 is 0 Å². The van der Waals surface area contributed by atoms with Crippen LogP contribution in [-0.4, -0.2) is 31.8 Å². The van der Waals surface area contributed by atoms with Gasteiger partial charge in [-0.3, -0.25) is 0 Å². The fourth-order valence-corrected chi connectivity index (χ4v) is 2.13. The average Bonchev–Trinajstić information content (AvgIpc) is 2.09. The molecule has 1 saturated heterocycles. The van der Waals surface area contributed by atoms with Gasteiger partial charge >= 0.3 is 0 Å². The molecule has 1 rings (SSSR count). The van der Waals surface area contributed by atoms with Crippen LogP contribution in [0.5, 0.6) is 0 Å². The Bertz CT molecular complexity index is 119. The van der Waals surface area contributed by atoms with E-state index >= 15 is 0 Å². The molecule has 0 radical (unpaired) electrons. The molecule has 0 N–H and O–H groups in total. The Morgan fingerprint density at radius 3 is 3.08 bits per heavy atom. The monoisotopic (exact) mass is 236 g/mol. The van der Waals surface area contributed by atoms with Gasteiger partial charge < -0.3 is 9.47 Å². The van der Waals surface area contributed by atoms with Crippen molar-refractivity contribution in [1.82, 2.24) is 0 Å². The van der Waals surface area contributed by atoms with Crippen LogP contribution in [0, 0.1) is 5.92 Å². The third-order valence-electron chi connectivity index (χ3n) is 2.30. The van der Waals surface area contributed by atoms with Crippen LogP contribution in [0.3, 0.4) is 0 Å². The Kier molecular flexibility index (Phi) is 5.19. The van der Waals surface area contributed by atoms with Gasteiger partial charge in [-0.25, -0.2) is 0 Å². The van der Waals surface area contributed by atoms with E-state index in [1.165, 1.54) is 6.42 Å². The summed E-state index contributed by atoms with van der Waals surface area (Å²) in [6.45, 7) is 2.70. The quantitative estimate of drug-likeness (QED) is 0.551. The van der Waals surface area contributed by atoms with E-state index in [1.54, 1.807) is 7.11 Å². The zero-order valence-corrected chi connectivity index (χ0v) is 9.18. The summed E-state index contributed by atoms with van der Waals surface area (Å²) in [7, 11) is 1.75. The first kappa shape index (κ1) is 10.5. The summed E-state index contributed by atoms with van der Waals surface area (Å²) in [5.41, 5.74) is 0. The van der Waals surface area contributed by atoms with E-state index in [9.17, 15) is 0 Å². The summed E-state index contributed by atoms with van der Waals surface area (Å²) < 4.78 is 10.4. The predicted molar refractivity (Wildman–Crippen MR) is 52.8 cm³/mol. The van der Waals surface area contributed by atoms with Crippen molar-refractivity contribution in [2.75, 3.05) is 26.9 Å². The maximum atomic E-state index is 5.41. The lowest BCUT2D eigenvalue weighted by atomic mass is 9.97. The molecule has 72 valence electrons. The summed E-state index contributed by atoms with van der Waals surface area (Å²) in [6, 6.07) is 0. The van der Waals surface area contributed by atoms with Gasteiger partial charge in [0.05, 0.1) is 6.61 Å². The molecule has 0 aliphatic carbocycles. The van der Waals surface area contributed by atoms with Crippen LogP contribution in [0.2, 0.25) is 0 Å². The highest BCUT2D eigenvalue weighted by molar-refractivity contribution is 9.09. The maximum Gasteiger partial charge on any atom is 0.0504 e. The van der Waals surface area contributed by atoms with E-state index in [0.29, 0.717) is 10.7 Å². The van der Waals surface area contributed by atoms with Crippen molar-refractivity contribution < 1.29 is 9.47 Å². The average molecular weight is 237 g/mol. The van der Waals surface area contributed by atoms with Crippen LogP contribution in [0.15, 0.2) is 0 Å². The molecule has 1 aliphatic rings. The molecule has 0 aromatic carbocycles. The molecule has 0 spiro atoms. The minimum absolute atomic E-state index is 0.656. The second-order valence-electron chi connectivity index (χ2n) is 3.27. The van der Waals surface area contributed by atoms with Gasteiger partial charge in [-0.1, -0.05) is 15.9 Å². The van der Waals surface area contributed by atoms with Gasteiger partial charge in [-0.2, -0.15) is 0 Å². The van der Waals surface area contributed by atoms with Crippen LogP contribution in [0.4, 0.5) is 0 Å². The summed E-state index contributed by atoms with van der Waals surface area (Å²) in [5, 5.41) is 0. The molecule has 0 bridgehead atoms. The van der Waals surface area contributed by atoms with Gasteiger partial charge in [0, 0.05) is 25.2 Å². The number of ether oxygens (including phenoxy) is 2. The highest BCUT2D eigenvalue weighted by Gasteiger charge is 2.22. The normalized spacial score (nSPS) is 30.5. The van der Waals surface area contributed by atoms with Crippen LogP contribution in [-0.2, 0) is 9.47 Å². The van der Waals surface area contributed by atoms with E-state index in [4.69, 9.17) is 9.47 Å². The van der Waals surface area contributed by atoms with Crippen LogP contribution in [0.1, 0.15) is 19.3 Å². The Morgan fingerprint density at radius 1 is 1.58 bits per heavy atom. The van der Waals surface area contributed by atoms with Crippen molar-refractivity contribution in [3.05, 3.63) is 0 Å². The largest absolute Gasteiger partial charge is 0.385 e. The maximum absolute atomic E-state index is 5.41. The molecular weight excluding hydrogens is 220 g/mol. The number of hydrogen-bond acceptors (Lipinski definition) is 2. The van der Waals surface area contributed by atoms with E-state index < -0.39 is 0 Å². The van der Waals surface area contributed by atoms with Crippen molar-refractivity contribution in [3.8, 4) is 0 Å². The van der Waals surface area contributed by atoms with Crippen molar-refractivity contribution >= 4 is 15.9 Å². The van der Waals surface area contributed by atoms with Gasteiger partial charge in [-0.05, 0) is 25.2 Å². The molecule has 1 aliphatic heterocycles. The molecule has 1 fully saturated rings. The summed E-state index contributed by atoms with van der Waals surface area (Å²) in [5.74, 6) is 0.689. The molecule has 0 saturated carbocycles. The van der Waals surface area contributed by atoms with Crippen molar-refractivity contribution in [2.45, 2.75) is 24.1 Å². The topological polar surface area (TPSA) is 18.5 Å². The zero-order valence-electron chi connectivity index (χ0n) is 7.59. The first-order chi connectivity index (χ1) is 5.84. The first-order valence-corrected chi connectivity index (χ1v) is 5.47. The fourth-order valence-electron chi connectivity index (χ4n) is 1.52. The highest BCUT2D eigenvalue weighted by Crippen LogP contribution is 2.25. The molecule has 2 unspecified atom stereocenters. The van der Waals surface area contributed by atoms with Crippen LogP contribution in [0.25, 0.3) is 0 Å². The smallest absolute Gasteiger partial charge is 0.0504 e. The Hall–Kier alpha value is 0.400. The predicted octanol–water partition coefficient (Wildman–Crippen LogP) is 2.21. The minimum Gasteiger partial charge on any atom is -0.385 e. The second-order valence-corrected chi connectivity index (χ2v) is 4.45. The Balaban J connectivity index is 2.11. The standard InChI is InChI=1S/C9H17BrO2/c1-11-5-2-3-8-7-12-6-4-9(8)10/h8-9H,2-7H2,1H3. The van der Waals surface area contributed by atoms with Crippen molar-refractivity contribution in [2.24, 2.45) is 5.92 Å². The molecular formula is C9H17BrO2. The number of hydrogen-bond donors (Lipinski definition) is 0. The molecule has 2 atom stereocenters. The van der Waals surface area contributed by atoms with Gasteiger partial charge in [0.15, 0.2) is 0 Å². The van der Waals surface area contributed by atoms with Crippen molar-refractivity contribution in [3.63, 3.8) is 0 Å². The third kappa shape index (κ3) is 3.42. The van der Waals surface area contributed by atoms with Gasteiger partial charge in [0.25, 0.3) is 0 Å². The highest BCUT2D eigenvalue weighted by atomic mass is 79.9. The van der Waals surface area contributed by atoms with Crippen molar-refractivity contribution in [1.29, 1.82) is 0 Å². The van der Waals surface area contributed by atoms with Gasteiger partial charge in [-0.15, -0.1) is 0 Å². The second kappa shape index (κ2) is 5.95. The van der Waals surface area contributed by atoms with Crippen LogP contribution >= 0.6 is 15.9 Å². The number of alkyl halides is 1. The summed E-state index contributed by atoms with van der Waals surface area (Å²) >= 11 is 3.69. The summed E-state index contributed by atoms with van der Waals surface area (Å²) in [4.78, 5) is 0.656. The minimum atomic E-state index is 0.656. The van der Waals surface area contributed by atoms with Gasteiger partial charge in [0.1, 0.15) is 0 Å². The fraction of sp³-hybridized carbons (Fsp3) is 1.00. The van der Waals surface area contributed by atoms with E-state index in [2.05, 4.69) is 15.9 Å². The lowest BCUT2D eigenvalue weighted by Crippen LogP contribution is -2.27. The lowest BCUT2D eigenvalue weighted by molar-refractivity contribution is 0.0533. The molecule has 0 aromatic rings. The Labute approximate surface area is 82.7 Å².